The van der Waals surface area contributed by atoms with Crippen LogP contribution in [0.5, 0.6) is 0 Å². The number of nitrogens with one attached hydrogen (secondary N) is 2. The van der Waals surface area contributed by atoms with Crippen molar-refractivity contribution in [2.24, 2.45) is 0 Å². The molecule has 0 aliphatic carbocycles. The Morgan fingerprint density at radius 2 is 2.04 bits per heavy atom. The number of anilines is 1. The van der Waals surface area contributed by atoms with Gasteiger partial charge in [-0.2, -0.15) is 0 Å². The Morgan fingerprint density at radius 1 is 1.12 bits per heavy atom. The molecule has 0 saturated carbocycles. The fourth-order valence-electron chi connectivity index (χ4n) is 3.18. The molecule has 2 aromatic heterocycles. The Balaban J connectivity index is 1.76. The van der Waals surface area contributed by atoms with Crippen LogP contribution >= 0.6 is 15.9 Å². The lowest BCUT2D eigenvalue weighted by molar-refractivity contribution is 1.03. The molecule has 0 amide bonds. The van der Waals surface area contributed by atoms with E-state index in [1.807, 2.05) is 36.5 Å². The summed E-state index contributed by atoms with van der Waals surface area (Å²) in [5, 5.41) is 7.18. The third-order valence-electron chi connectivity index (χ3n) is 4.30. The first-order chi connectivity index (χ1) is 12.2. The van der Waals surface area contributed by atoms with E-state index in [9.17, 15) is 4.79 Å². The number of hydrogen-bond acceptors (Lipinski definition) is 3. The Morgan fingerprint density at radius 3 is 2.88 bits per heavy atom. The molecule has 2 heterocycles. The number of rotatable bonds is 4. The number of halogens is 1. The molecule has 0 unspecified atom stereocenters. The van der Waals surface area contributed by atoms with E-state index in [1.54, 1.807) is 12.4 Å². The van der Waals surface area contributed by atoms with Gasteiger partial charge < -0.3 is 10.3 Å². The third kappa shape index (κ3) is 3.15. The fraction of sp³-hybridized carbons (Fsp3) is 0.100. The van der Waals surface area contributed by atoms with E-state index in [0.29, 0.717) is 0 Å². The number of pyridine rings is 2. The van der Waals surface area contributed by atoms with Gasteiger partial charge in [0.1, 0.15) is 0 Å². The van der Waals surface area contributed by atoms with Gasteiger partial charge in [-0.15, -0.1) is 0 Å². The molecular weight excluding hydrogens is 378 g/mol. The Labute approximate surface area is 153 Å². The van der Waals surface area contributed by atoms with Crippen LogP contribution in [-0.2, 0) is 6.42 Å². The van der Waals surface area contributed by atoms with Gasteiger partial charge in [0.05, 0.1) is 11.1 Å². The molecule has 0 aliphatic rings. The van der Waals surface area contributed by atoms with Crippen molar-refractivity contribution >= 4 is 43.2 Å². The van der Waals surface area contributed by atoms with Gasteiger partial charge in [-0.3, -0.25) is 9.78 Å². The summed E-state index contributed by atoms with van der Waals surface area (Å²) in [5.74, 6) is 0. The predicted octanol–water partition coefficient (Wildman–Crippen LogP) is 4.49. The van der Waals surface area contributed by atoms with E-state index in [4.69, 9.17) is 0 Å². The number of nitrogens with zero attached hydrogens (tertiary/aromatic N) is 1. The smallest absolute Gasteiger partial charge is 0.256 e. The minimum absolute atomic E-state index is 0.0550. The summed E-state index contributed by atoms with van der Waals surface area (Å²) in [7, 11) is 0. The van der Waals surface area contributed by atoms with Gasteiger partial charge in [0.2, 0.25) is 0 Å². The number of benzene rings is 2. The molecule has 2 N–H and O–H groups in total. The van der Waals surface area contributed by atoms with Gasteiger partial charge in [-0.25, -0.2) is 0 Å². The standard InChI is InChI=1S/C20H16BrN3O/c21-15-3-4-17-13(5-8-23-16-2-1-7-22-12-16)10-14-6-9-24-20(25)19(14)18(17)11-15/h1-4,6-7,9-12,23H,5,8H2,(H,24,25). The summed E-state index contributed by atoms with van der Waals surface area (Å²) >= 11 is 3.52. The molecule has 0 spiro atoms. The highest BCUT2D eigenvalue weighted by molar-refractivity contribution is 9.10. The van der Waals surface area contributed by atoms with Crippen LogP contribution in [0.4, 0.5) is 5.69 Å². The molecule has 0 saturated heterocycles. The van der Waals surface area contributed by atoms with Crippen LogP contribution in [0, 0.1) is 0 Å². The number of aromatic nitrogens is 2. The van der Waals surface area contributed by atoms with E-state index in [-0.39, 0.29) is 5.56 Å². The molecule has 25 heavy (non-hydrogen) atoms. The summed E-state index contributed by atoms with van der Waals surface area (Å²) in [6.07, 6.45) is 6.13. The third-order valence-corrected chi connectivity index (χ3v) is 4.80. The highest BCUT2D eigenvalue weighted by Gasteiger charge is 2.10. The monoisotopic (exact) mass is 393 g/mol. The van der Waals surface area contributed by atoms with Crippen LogP contribution in [0.2, 0.25) is 0 Å². The normalized spacial score (nSPS) is 11.1. The van der Waals surface area contributed by atoms with E-state index < -0.39 is 0 Å². The molecule has 5 heteroatoms. The largest absolute Gasteiger partial charge is 0.383 e. The molecule has 0 atom stereocenters. The zero-order valence-corrected chi connectivity index (χ0v) is 15.0. The SMILES string of the molecule is O=c1[nH]ccc2cc(CCNc3cccnc3)c3ccc(Br)cc3c12. The maximum atomic E-state index is 12.3. The highest BCUT2D eigenvalue weighted by atomic mass is 79.9. The van der Waals surface area contributed by atoms with Gasteiger partial charge in [0.15, 0.2) is 0 Å². The van der Waals surface area contributed by atoms with Gasteiger partial charge in [-0.05, 0) is 58.5 Å². The van der Waals surface area contributed by atoms with Crippen molar-refractivity contribution < 1.29 is 0 Å². The average molecular weight is 394 g/mol. The first-order valence-corrected chi connectivity index (χ1v) is 8.88. The topological polar surface area (TPSA) is 57.8 Å². The quantitative estimate of drug-likeness (QED) is 0.502. The Hall–Kier alpha value is -2.66. The first-order valence-electron chi connectivity index (χ1n) is 8.09. The summed E-state index contributed by atoms with van der Waals surface area (Å²) < 4.78 is 0.968. The molecule has 124 valence electrons. The van der Waals surface area contributed by atoms with Crippen molar-refractivity contribution in [3.05, 3.63) is 81.4 Å². The van der Waals surface area contributed by atoms with Crippen molar-refractivity contribution in [1.82, 2.24) is 9.97 Å². The maximum Gasteiger partial charge on any atom is 0.256 e. The second-order valence-electron chi connectivity index (χ2n) is 5.92. The first kappa shape index (κ1) is 15.8. The van der Waals surface area contributed by atoms with Crippen LogP contribution in [0.15, 0.2) is 70.3 Å². The van der Waals surface area contributed by atoms with Gasteiger partial charge >= 0.3 is 0 Å². The lowest BCUT2D eigenvalue weighted by Gasteiger charge is -2.11. The summed E-state index contributed by atoms with van der Waals surface area (Å²) in [6.45, 7) is 0.797. The van der Waals surface area contributed by atoms with Crippen LogP contribution in [0.25, 0.3) is 21.5 Å². The fourth-order valence-corrected chi connectivity index (χ4v) is 3.54. The number of aromatic amines is 1. The lowest BCUT2D eigenvalue weighted by atomic mass is 9.96. The van der Waals surface area contributed by atoms with Gasteiger partial charge in [0, 0.05) is 29.6 Å². The molecule has 4 aromatic rings. The van der Waals surface area contributed by atoms with Crippen molar-refractivity contribution in [2.45, 2.75) is 6.42 Å². The van der Waals surface area contributed by atoms with E-state index >= 15 is 0 Å². The lowest BCUT2D eigenvalue weighted by Crippen LogP contribution is -2.08. The van der Waals surface area contributed by atoms with E-state index in [2.05, 4.69) is 43.3 Å². The molecule has 0 fully saturated rings. The van der Waals surface area contributed by atoms with Crippen molar-refractivity contribution in [3.8, 4) is 0 Å². The summed E-state index contributed by atoms with van der Waals surface area (Å²) in [4.78, 5) is 19.2. The van der Waals surface area contributed by atoms with Crippen molar-refractivity contribution in [2.75, 3.05) is 11.9 Å². The zero-order chi connectivity index (χ0) is 17.2. The minimum Gasteiger partial charge on any atom is -0.383 e. The highest BCUT2D eigenvalue weighted by Crippen LogP contribution is 2.29. The molecule has 0 bridgehead atoms. The zero-order valence-electron chi connectivity index (χ0n) is 13.4. The number of H-pyrrole nitrogens is 1. The molecular formula is C20H16BrN3O. The molecule has 4 nitrogen and oxygen atoms in total. The molecule has 2 aromatic carbocycles. The number of hydrogen-bond donors (Lipinski definition) is 2. The Bertz CT molecular complexity index is 1110. The molecule has 4 rings (SSSR count). The van der Waals surface area contributed by atoms with Crippen LogP contribution < -0.4 is 10.9 Å². The van der Waals surface area contributed by atoms with Crippen molar-refractivity contribution in [1.29, 1.82) is 0 Å². The van der Waals surface area contributed by atoms with Crippen LogP contribution in [0.3, 0.4) is 0 Å². The Kier molecular flexibility index (Phi) is 4.24. The van der Waals surface area contributed by atoms with Gasteiger partial charge in [-0.1, -0.05) is 28.1 Å². The average Bonchev–Trinajstić information content (AvgIpc) is 2.62. The van der Waals surface area contributed by atoms with E-state index in [1.165, 1.54) is 5.56 Å². The van der Waals surface area contributed by atoms with Crippen molar-refractivity contribution in [3.63, 3.8) is 0 Å². The second kappa shape index (κ2) is 6.69. The number of fused-ring (bicyclic) bond motifs is 3. The predicted molar refractivity (Wildman–Crippen MR) is 106 cm³/mol. The molecule has 0 aliphatic heterocycles. The van der Waals surface area contributed by atoms with E-state index in [0.717, 1.165) is 44.7 Å². The minimum atomic E-state index is -0.0550. The summed E-state index contributed by atoms with van der Waals surface area (Å²) in [6, 6.07) is 14.1. The second-order valence-corrected chi connectivity index (χ2v) is 6.83. The summed E-state index contributed by atoms with van der Waals surface area (Å²) in [5.41, 5.74) is 2.17. The van der Waals surface area contributed by atoms with Crippen LogP contribution in [0.1, 0.15) is 5.56 Å². The molecule has 0 radical (unpaired) electrons. The maximum absolute atomic E-state index is 12.3. The van der Waals surface area contributed by atoms with Crippen LogP contribution in [-0.4, -0.2) is 16.5 Å². The van der Waals surface area contributed by atoms with Gasteiger partial charge in [0.25, 0.3) is 5.56 Å².